The second kappa shape index (κ2) is 4.67. The van der Waals surface area contributed by atoms with Crippen LogP contribution in [0.25, 0.3) is 4.96 Å². The van der Waals surface area contributed by atoms with Gasteiger partial charge in [-0.3, -0.25) is 4.40 Å². The summed E-state index contributed by atoms with van der Waals surface area (Å²) in [4.78, 5) is 19.6. The molecule has 0 radical (unpaired) electrons. The summed E-state index contributed by atoms with van der Waals surface area (Å²) in [6, 6.07) is 4.01. The lowest BCUT2D eigenvalue weighted by atomic mass is 10.3. The minimum atomic E-state index is -0.959. The van der Waals surface area contributed by atoms with Crippen molar-refractivity contribution in [1.29, 1.82) is 0 Å². The molecule has 0 aliphatic carbocycles. The lowest BCUT2D eigenvalue weighted by molar-refractivity contribution is 0.0690. The fourth-order valence-electron chi connectivity index (χ4n) is 1.95. The fourth-order valence-corrected chi connectivity index (χ4v) is 3.42. The number of nitrogens with zero attached hydrogens (tertiary/aromatic N) is 3. The molecule has 0 spiro atoms. The number of anilines is 1. The Balaban J connectivity index is 2.01. The van der Waals surface area contributed by atoms with E-state index in [4.69, 9.17) is 0 Å². The predicted molar refractivity (Wildman–Crippen MR) is 76.5 cm³/mol. The van der Waals surface area contributed by atoms with Gasteiger partial charge in [-0.05, 0) is 11.4 Å². The zero-order valence-corrected chi connectivity index (χ0v) is 11.7. The van der Waals surface area contributed by atoms with E-state index >= 15 is 0 Å². The van der Waals surface area contributed by atoms with E-state index in [0.717, 1.165) is 0 Å². The standard InChI is InChI=1S/C12H11N3O2S2/c1-14(7-8-3-2-5-18-8)10-9(11(16)17)15-4-6-19-12(15)13-10/h2-6H,7H2,1H3,(H,16,17). The van der Waals surface area contributed by atoms with Crippen LogP contribution in [-0.2, 0) is 6.54 Å². The van der Waals surface area contributed by atoms with Crippen LogP contribution in [0.3, 0.4) is 0 Å². The number of fused-ring (bicyclic) bond motifs is 1. The zero-order valence-electron chi connectivity index (χ0n) is 10.1. The van der Waals surface area contributed by atoms with E-state index < -0.39 is 5.97 Å². The van der Waals surface area contributed by atoms with Crippen molar-refractivity contribution in [3.8, 4) is 0 Å². The van der Waals surface area contributed by atoms with Crippen molar-refractivity contribution >= 4 is 39.4 Å². The Morgan fingerprint density at radius 2 is 2.32 bits per heavy atom. The first-order valence-electron chi connectivity index (χ1n) is 5.59. The quantitative estimate of drug-likeness (QED) is 0.803. The van der Waals surface area contributed by atoms with E-state index in [1.54, 1.807) is 21.9 Å². The molecule has 0 fully saturated rings. The Morgan fingerprint density at radius 3 is 3.00 bits per heavy atom. The Labute approximate surface area is 117 Å². The normalized spacial score (nSPS) is 11.0. The number of aromatic nitrogens is 2. The van der Waals surface area contributed by atoms with Crippen LogP contribution < -0.4 is 4.90 Å². The highest BCUT2D eigenvalue weighted by Crippen LogP contribution is 2.25. The molecular formula is C12H11N3O2S2. The van der Waals surface area contributed by atoms with Crippen molar-refractivity contribution in [2.75, 3.05) is 11.9 Å². The summed E-state index contributed by atoms with van der Waals surface area (Å²) in [5.74, 6) is -0.452. The molecule has 0 aliphatic rings. The molecule has 0 saturated heterocycles. The molecule has 5 nitrogen and oxygen atoms in total. The summed E-state index contributed by atoms with van der Waals surface area (Å²) >= 11 is 3.08. The number of carbonyl (C=O) groups is 1. The second-order valence-corrected chi connectivity index (χ2v) is 5.99. The molecule has 0 saturated carbocycles. The lowest BCUT2D eigenvalue weighted by Gasteiger charge is -2.16. The monoisotopic (exact) mass is 293 g/mol. The maximum atomic E-state index is 11.4. The number of imidazole rings is 1. The fraction of sp³-hybridized carbons (Fsp3) is 0.167. The van der Waals surface area contributed by atoms with Crippen molar-refractivity contribution < 1.29 is 9.90 Å². The number of carboxylic acids is 1. The van der Waals surface area contributed by atoms with E-state index in [1.807, 2.05) is 34.8 Å². The number of hydrogen-bond donors (Lipinski definition) is 1. The number of carboxylic acid groups (broad SMARTS) is 1. The van der Waals surface area contributed by atoms with Crippen LogP contribution in [-0.4, -0.2) is 27.5 Å². The number of hydrogen-bond acceptors (Lipinski definition) is 5. The summed E-state index contributed by atoms with van der Waals surface area (Å²) < 4.78 is 1.62. The molecule has 3 aromatic heterocycles. The van der Waals surface area contributed by atoms with Gasteiger partial charge in [0, 0.05) is 23.5 Å². The van der Waals surface area contributed by atoms with Gasteiger partial charge in [0.2, 0.25) is 0 Å². The van der Waals surface area contributed by atoms with Gasteiger partial charge in [-0.15, -0.1) is 22.7 Å². The van der Waals surface area contributed by atoms with Gasteiger partial charge in [-0.25, -0.2) is 9.78 Å². The minimum absolute atomic E-state index is 0.218. The molecule has 0 aliphatic heterocycles. The highest BCUT2D eigenvalue weighted by Gasteiger charge is 2.22. The molecular weight excluding hydrogens is 282 g/mol. The summed E-state index contributed by atoms with van der Waals surface area (Å²) in [5, 5.41) is 13.2. The molecule has 0 atom stereocenters. The Kier molecular flexibility index (Phi) is 3.00. The van der Waals surface area contributed by atoms with Crippen molar-refractivity contribution in [2.45, 2.75) is 6.54 Å². The van der Waals surface area contributed by atoms with Crippen molar-refractivity contribution in [3.05, 3.63) is 39.7 Å². The zero-order chi connectivity index (χ0) is 13.4. The molecule has 3 heterocycles. The van der Waals surface area contributed by atoms with E-state index in [-0.39, 0.29) is 5.69 Å². The first kappa shape index (κ1) is 12.2. The molecule has 0 aromatic carbocycles. The summed E-state index contributed by atoms with van der Waals surface area (Å²) in [5.41, 5.74) is 0.218. The molecule has 3 rings (SSSR count). The van der Waals surface area contributed by atoms with Gasteiger partial charge < -0.3 is 10.0 Å². The van der Waals surface area contributed by atoms with Crippen LogP contribution in [0, 0.1) is 0 Å². The molecule has 0 amide bonds. The van der Waals surface area contributed by atoms with Gasteiger partial charge in [0.1, 0.15) is 0 Å². The third-order valence-electron chi connectivity index (χ3n) is 2.78. The molecule has 3 aromatic rings. The first-order valence-corrected chi connectivity index (χ1v) is 7.35. The predicted octanol–water partition coefficient (Wildman–Crippen LogP) is 2.79. The number of thiophene rings is 1. The topological polar surface area (TPSA) is 57.8 Å². The van der Waals surface area contributed by atoms with Crippen LogP contribution in [0.2, 0.25) is 0 Å². The second-order valence-electron chi connectivity index (χ2n) is 4.08. The third kappa shape index (κ3) is 2.11. The molecule has 1 N–H and O–H groups in total. The van der Waals surface area contributed by atoms with Crippen molar-refractivity contribution in [2.24, 2.45) is 0 Å². The van der Waals surface area contributed by atoms with Gasteiger partial charge in [-0.1, -0.05) is 6.07 Å². The van der Waals surface area contributed by atoms with Gasteiger partial charge >= 0.3 is 5.97 Å². The van der Waals surface area contributed by atoms with Gasteiger partial charge in [0.05, 0.1) is 6.54 Å². The lowest BCUT2D eigenvalue weighted by Crippen LogP contribution is -2.19. The smallest absolute Gasteiger partial charge is 0.356 e. The van der Waals surface area contributed by atoms with Crippen LogP contribution in [0.1, 0.15) is 15.4 Å². The summed E-state index contributed by atoms with van der Waals surface area (Å²) in [6.07, 6.45) is 1.74. The molecule has 0 bridgehead atoms. The van der Waals surface area contributed by atoms with Gasteiger partial charge in [0.25, 0.3) is 0 Å². The van der Waals surface area contributed by atoms with Crippen LogP contribution in [0.15, 0.2) is 29.1 Å². The van der Waals surface area contributed by atoms with E-state index in [1.165, 1.54) is 16.2 Å². The Hall–Kier alpha value is -1.86. The van der Waals surface area contributed by atoms with E-state index in [2.05, 4.69) is 4.98 Å². The third-order valence-corrected chi connectivity index (χ3v) is 4.40. The first-order chi connectivity index (χ1) is 9.16. The summed E-state index contributed by atoms with van der Waals surface area (Å²) in [6.45, 7) is 0.656. The molecule has 0 unspecified atom stereocenters. The highest BCUT2D eigenvalue weighted by atomic mass is 32.1. The van der Waals surface area contributed by atoms with Crippen LogP contribution in [0.5, 0.6) is 0 Å². The Morgan fingerprint density at radius 1 is 1.47 bits per heavy atom. The molecule has 98 valence electrons. The molecule has 19 heavy (non-hydrogen) atoms. The van der Waals surface area contributed by atoms with E-state index in [9.17, 15) is 9.90 Å². The number of aromatic carboxylic acids is 1. The number of thiazole rings is 1. The molecule has 7 heteroatoms. The largest absolute Gasteiger partial charge is 0.476 e. The maximum absolute atomic E-state index is 11.4. The highest BCUT2D eigenvalue weighted by molar-refractivity contribution is 7.15. The Bertz CT molecular complexity index is 715. The van der Waals surface area contributed by atoms with Crippen molar-refractivity contribution in [1.82, 2.24) is 9.38 Å². The minimum Gasteiger partial charge on any atom is -0.476 e. The maximum Gasteiger partial charge on any atom is 0.356 e. The average molecular weight is 293 g/mol. The van der Waals surface area contributed by atoms with E-state index in [0.29, 0.717) is 17.3 Å². The van der Waals surface area contributed by atoms with Gasteiger partial charge in [0.15, 0.2) is 16.5 Å². The average Bonchev–Trinajstić information content (AvgIpc) is 3.02. The van der Waals surface area contributed by atoms with Gasteiger partial charge in [-0.2, -0.15) is 0 Å². The number of rotatable bonds is 4. The van der Waals surface area contributed by atoms with Crippen LogP contribution in [0.4, 0.5) is 5.82 Å². The SMILES string of the molecule is CN(Cc1cccs1)c1nc2sccn2c1C(=O)O. The summed E-state index contributed by atoms with van der Waals surface area (Å²) in [7, 11) is 1.86. The van der Waals surface area contributed by atoms with Crippen LogP contribution >= 0.6 is 22.7 Å². The van der Waals surface area contributed by atoms with Crippen molar-refractivity contribution in [3.63, 3.8) is 0 Å².